The lowest BCUT2D eigenvalue weighted by Crippen LogP contribution is -2.29. The van der Waals surface area contributed by atoms with Gasteiger partial charge in [-0.15, -0.1) is 0 Å². The number of nitrogens with zero attached hydrogens (tertiary/aromatic N) is 2. The number of anilines is 1. The molecule has 0 radical (unpaired) electrons. The maximum Gasteiger partial charge on any atom is 0.227 e. The highest BCUT2D eigenvalue weighted by molar-refractivity contribution is 6.33. The highest BCUT2D eigenvalue weighted by Gasteiger charge is 2.33. The molecule has 4 aromatic rings. The van der Waals surface area contributed by atoms with Gasteiger partial charge in [0.25, 0.3) is 0 Å². The monoisotopic (exact) mass is 458 g/mol. The van der Waals surface area contributed by atoms with Crippen LogP contribution in [0.15, 0.2) is 54.6 Å². The van der Waals surface area contributed by atoms with Crippen LogP contribution in [-0.4, -0.2) is 20.9 Å². The van der Waals surface area contributed by atoms with E-state index in [0.717, 1.165) is 40.8 Å². The molecule has 0 aliphatic heterocycles. The van der Waals surface area contributed by atoms with Crippen molar-refractivity contribution in [2.45, 2.75) is 45.4 Å². The number of nitrogens with one attached hydrogen (secondary N) is 2. The second-order valence-corrected chi connectivity index (χ2v) is 9.49. The van der Waals surface area contributed by atoms with Gasteiger partial charge in [0.2, 0.25) is 5.91 Å². The molecule has 0 fully saturated rings. The lowest BCUT2D eigenvalue weighted by molar-refractivity contribution is -0.120. The quantitative estimate of drug-likeness (QED) is 0.351. The molecule has 1 amide bonds. The average molecular weight is 459 g/mol. The third kappa shape index (κ3) is 4.13. The zero-order valence-electron chi connectivity index (χ0n) is 19.0. The van der Waals surface area contributed by atoms with Crippen LogP contribution < -0.4 is 5.32 Å². The Morgan fingerprint density at radius 2 is 1.94 bits per heavy atom. The van der Waals surface area contributed by atoms with E-state index in [0.29, 0.717) is 22.5 Å². The zero-order valence-corrected chi connectivity index (χ0v) is 19.8. The summed E-state index contributed by atoms with van der Waals surface area (Å²) in [7, 11) is 0. The molecule has 2 heterocycles. The third-order valence-corrected chi connectivity index (χ3v) is 7.11. The van der Waals surface area contributed by atoms with Gasteiger partial charge in [-0.25, -0.2) is 4.98 Å². The van der Waals surface area contributed by atoms with E-state index in [1.54, 1.807) is 6.07 Å². The third-order valence-electron chi connectivity index (χ3n) is 6.78. The number of rotatable bonds is 4. The molecule has 2 aromatic heterocycles. The summed E-state index contributed by atoms with van der Waals surface area (Å²) < 4.78 is 0. The maximum atomic E-state index is 13.3. The van der Waals surface area contributed by atoms with Crippen LogP contribution in [0.4, 0.5) is 5.69 Å². The molecule has 0 bridgehead atoms. The molecule has 3 atom stereocenters. The van der Waals surface area contributed by atoms with Crippen LogP contribution >= 0.6 is 11.6 Å². The lowest BCUT2D eigenvalue weighted by atomic mass is 9.75. The standard InChI is InChI=1S/C27H27ClN4O/c1-15-8-11-20(25-19(15)12-9-16(2)29-25)17(3)27(33)30-18-10-13-22(28)21(14-18)26-31-23-6-4-5-7-24(23)32-26/h4-7,9-10,12-15,17,20H,8,11H2,1-3H3,(H,30,33)(H,31,32)/t15-,17-,20+/m1/s1. The number of halogens is 1. The summed E-state index contributed by atoms with van der Waals surface area (Å²) >= 11 is 6.48. The van der Waals surface area contributed by atoms with Crippen molar-refractivity contribution in [1.29, 1.82) is 0 Å². The van der Waals surface area contributed by atoms with Crippen LogP contribution in [0.3, 0.4) is 0 Å². The number of pyridine rings is 1. The van der Waals surface area contributed by atoms with Gasteiger partial charge >= 0.3 is 0 Å². The molecule has 2 aromatic carbocycles. The normalized spacial score (nSPS) is 18.7. The SMILES string of the molecule is Cc1ccc2c(n1)[C@H]([C@@H](C)C(=O)Nc1ccc(Cl)c(-c3nc4ccccc4[nH]3)c1)CC[C@H]2C. The summed E-state index contributed by atoms with van der Waals surface area (Å²) in [6.45, 7) is 6.25. The van der Waals surface area contributed by atoms with Gasteiger partial charge in [0.1, 0.15) is 5.82 Å². The van der Waals surface area contributed by atoms with Crippen molar-refractivity contribution in [1.82, 2.24) is 15.0 Å². The number of hydrogen-bond acceptors (Lipinski definition) is 3. The lowest BCUT2D eigenvalue weighted by Gasteiger charge is -2.32. The first-order valence-corrected chi connectivity index (χ1v) is 11.8. The molecule has 5 nitrogen and oxygen atoms in total. The van der Waals surface area contributed by atoms with Gasteiger partial charge in [0, 0.05) is 34.5 Å². The molecule has 6 heteroatoms. The minimum Gasteiger partial charge on any atom is -0.338 e. The summed E-state index contributed by atoms with van der Waals surface area (Å²) in [6.07, 6.45) is 2.03. The Balaban J connectivity index is 1.40. The molecule has 1 aliphatic carbocycles. The molecular weight excluding hydrogens is 432 g/mol. The summed E-state index contributed by atoms with van der Waals surface area (Å²) in [5.74, 6) is 1.05. The number of amides is 1. The Morgan fingerprint density at radius 3 is 2.76 bits per heavy atom. The highest BCUT2D eigenvalue weighted by Crippen LogP contribution is 2.41. The van der Waals surface area contributed by atoms with E-state index in [2.05, 4.69) is 34.3 Å². The first-order valence-electron chi connectivity index (χ1n) is 11.4. The molecule has 0 saturated carbocycles. The first kappa shape index (κ1) is 21.7. The van der Waals surface area contributed by atoms with Crippen LogP contribution in [-0.2, 0) is 4.79 Å². The molecule has 5 rings (SSSR count). The van der Waals surface area contributed by atoms with E-state index < -0.39 is 0 Å². The first-order chi connectivity index (χ1) is 15.9. The highest BCUT2D eigenvalue weighted by atomic mass is 35.5. The fourth-order valence-corrected chi connectivity index (χ4v) is 5.02. The van der Waals surface area contributed by atoms with Crippen molar-refractivity contribution >= 4 is 34.2 Å². The van der Waals surface area contributed by atoms with Crippen LogP contribution in [0.25, 0.3) is 22.4 Å². The summed E-state index contributed by atoms with van der Waals surface area (Å²) in [5, 5.41) is 3.68. The average Bonchev–Trinajstić information content (AvgIpc) is 3.24. The van der Waals surface area contributed by atoms with Gasteiger partial charge in [0.05, 0.1) is 16.1 Å². The fraction of sp³-hybridized carbons (Fsp3) is 0.296. The molecule has 0 spiro atoms. The summed E-state index contributed by atoms with van der Waals surface area (Å²) in [5.41, 5.74) is 6.62. The van der Waals surface area contributed by atoms with E-state index >= 15 is 0 Å². The number of carbonyl (C=O) groups is 1. The van der Waals surface area contributed by atoms with E-state index in [9.17, 15) is 4.79 Å². The van der Waals surface area contributed by atoms with E-state index in [1.807, 2.05) is 50.2 Å². The van der Waals surface area contributed by atoms with Gasteiger partial charge in [-0.05, 0) is 67.6 Å². The number of aromatic amines is 1. The van der Waals surface area contributed by atoms with Gasteiger partial charge in [-0.3, -0.25) is 9.78 Å². The Kier molecular flexibility index (Phi) is 5.67. The second-order valence-electron chi connectivity index (χ2n) is 9.09. The Bertz CT molecular complexity index is 1310. The van der Waals surface area contributed by atoms with Crippen LogP contribution in [0.2, 0.25) is 5.02 Å². The predicted octanol–water partition coefficient (Wildman–Crippen LogP) is 6.84. The van der Waals surface area contributed by atoms with Crippen LogP contribution in [0.5, 0.6) is 0 Å². The molecule has 1 aliphatic rings. The molecule has 2 N–H and O–H groups in total. The Hall–Kier alpha value is -3.18. The van der Waals surface area contributed by atoms with Gasteiger partial charge in [-0.1, -0.05) is 43.6 Å². The number of benzene rings is 2. The number of fused-ring (bicyclic) bond motifs is 2. The van der Waals surface area contributed by atoms with Crippen molar-refractivity contribution in [3.05, 3.63) is 76.6 Å². The number of aromatic nitrogens is 3. The molecule has 33 heavy (non-hydrogen) atoms. The van der Waals surface area contributed by atoms with Crippen molar-refractivity contribution in [2.24, 2.45) is 5.92 Å². The molecule has 0 unspecified atom stereocenters. The molecular formula is C27H27ClN4O. The zero-order chi connectivity index (χ0) is 23.1. The van der Waals surface area contributed by atoms with Crippen LogP contribution in [0, 0.1) is 12.8 Å². The number of hydrogen-bond donors (Lipinski definition) is 2. The Morgan fingerprint density at radius 1 is 1.12 bits per heavy atom. The molecule has 168 valence electrons. The topological polar surface area (TPSA) is 70.7 Å². The van der Waals surface area contributed by atoms with E-state index in [4.69, 9.17) is 16.6 Å². The van der Waals surface area contributed by atoms with E-state index in [1.165, 1.54) is 5.56 Å². The van der Waals surface area contributed by atoms with Crippen molar-refractivity contribution < 1.29 is 4.79 Å². The predicted molar refractivity (Wildman–Crippen MR) is 134 cm³/mol. The largest absolute Gasteiger partial charge is 0.338 e. The summed E-state index contributed by atoms with van der Waals surface area (Å²) in [4.78, 5) is 26.1. The minimum absolute atomic E-state index is 0.0123. The number of carbonyl (C=O) groups excluding carboxylic acids is 1. The van der Waals surface area contributed by atoms with Crippen LogP contribution in [0.1, 0.15) is 55.5 Å². The minimum atomic E-state index is -0.198. The van der Waals surface area contributed by atoms with Crippen molar-refractivity contribution in [2.75, 3.05) is 5.32 Å². The summed E-state index contributed by atoms with van der Waals surface area (Å²) in [6, 6.07) is 17.6. The smallest absolute Gasteiger partial charge is 0.227 e. The van der Waals surface area contributed by atoms with E-state index in [-0.39, 0.29) is 17.7 Å². The fourth-order valence-electron chi connectivity index (χ4n) is 4.81. The Labute approximate surface area is 198 Å². The van der Waals surface area contributed by atoms with Gasteiger partial charge in [0.15, 0.2) is 0 Å². The van der Waals surface area contributed by atoms with Gasteiger partial charge < -0.3 is 10.3 Å². The van der Waals surface area contributed by atoms with Crippen molar-refractivity contribution in [3.63, 3.8) is 0 Å². The molecule has 0 saturated heterocycles. The van der Waals surface area contributed by atoms with Gasteiger partial charge in [-0.2, -0.15) is 0 Å². The second kappa shape index (κ2) is 8.64. The maximum absolute atomic E-state index is 13.3. The number of aryl methyl sites for hydroxylation is 1. The van der Waals surface area contributed by atoms with Crippen molar-refractivity contribution in [3.8, 4) is 11.4 Å². The number of imidazole rings is 1. The number of para-hydroxylation sites is 2. The number of H-pyrrole nitrogens is 1.